The Bertz CT molecular complexity index is 228. The Kier molecular flexibility index (Phi) is 1.65. The molecule has 0 atom stereocenters. The molecule has 4 heteroatoms. The van der Waals surface area contributed by atoms with E-state index in [4.69, 9.17) is 5.73 Å². The fourth-order valence-electron chi connectivity index (χ4n) is 1.07. The van der Waals surface area contributed by atoms with Gasteiger partial charge in [0.25, 0.3) is 0 Å². The smallest absolute Gasteiger partial charge is 0.142 e. The van der Waals surface area contributed by atoms with Crippen molar-refractivity contribution >= 4 is 11.5 Å². The molecule has 1 saturated carbocycles. The molecule has 11 heavy (non-hydrogen) atoms. The van der Waals surface area contributed by atoms with Crippen LogP contribution in [0.2, 0.25) is 0 Å². The van der Waals surface area contributed by atoms with Crippen LogP contribution in [-0.4, -0.2) is 14.9 Å². The highest BCUT2D eigenvalue weighted by Gasteiger charge is 2.37. The van der Waals surface area contributed by atoms with Gasteiger partial charge in [-0.2, -0.15) is 4.37 Å². The molecule has 1 fully saturated rings. The maximum absolute atomic E-state index is 5.91. The van der Waals surface area contributed by atoms with Gasteiger partial charge in [0.2, 0.25) is 0 Å². The average molecular weight is 169 g/mol. The Morgan fingerprint density at radius 3 is 3.00 bits per heavy atom. The monoisotopic (exact) mass is 169 g/mol. The maximum Gasteiger partial charge on any atom is 0.142 e. The van der Waals surface area contributed by atoms with Crippen molar-refractivity contribution < 1.29 is 0 Å². The molecule has 1 aliphatic rings. The molecule has 1 heterocycles. The lowest BCUT2D eigenvalue weighted by molar-refractivity contribution is 0.599. The third kappa shape index (κ3) is 1.75. The van der Waals surface area contributed by atoms with E-state index >= 15 is 0 Å². The Balaban J connectivity index is 1.83. The van der Waals surface area contributed by atoms with Gasteiger partial charge >= 0.3 is 0 Å². The molecule has 0 unspecified atom stereocenters. The number of rotatable bonds is 3. The molecular formula is C7H11N3S. The average Bonchev–Trinajstić information content (AvgIpc) is 2.53. The number of aromatic nitrogens is 2. The molecular weight excluding hydrogens is 158 g/mol. The Morgan fingerprint density at radius 2 is 2.45 bits per heavy atom. The summed E-state index contributed by atoms with van der Waals surface area (Å²) < 4.78 is 4.12. The summed E-state index contributed by atoms with van der Waals surface area (Å²) in [6.07, 6.45) is 4.35. The van der Waals surface area contributed by atoms with Crippen molar-refractivity contribution in [3.8, 4) is 0 Å². The van der Waals surface area contributed by atoms with E-state index < -0.39 is 0 Å². The standard InChI is InChI=1S/C7H11N3S/c8-7(3-4-7)2-1-6-9-5-11-10-6/h5H,1-4,8H2. The van der Waals surface area contributed by atoms with Crippen LogP contribution in [0.15, 0.2) is 5.51 Å². The summed E-state index contributed by atoms with van der Waals surface area (Å²) in [5.74, 6) is 0.951. The van der Waals surface area contributed by atoms with E-state index in [1.807, 2.05) is 0 Å². The topological polar surface area (TPSA) is 51.8 Å². The van der Waals surface area contributed by atoms with Crippen molar-refractivity contribution in [2.24, 2.45) is 5.73 Å². The quantitative estimate of drug-likeness (QED) is 0.733. The lowest BCUT2D eigenvalue weighted by atomic mass is 10.1. The first kappa shape index (κ1) is 7.18. The van der Waals surface area contributed by atoms with Crippen LogP contribution < -0.4 is 5.73 Å². The molecule has 0 aromatic carbocycles. The van der Waals surface area contributed by atoms with E-state index in [0.29, 0.717) is 0 Å². The molecule has 0 bridgehead atoms. The van der Waals surface area contributed by atoms with Crippen LogP contribution in [0, 0.1) is 0 Å². The predicted octanol–water partition coefficient (Wildman–Crippen LogP) is 0.962. The van der Waals surface area contributed by atoms with Crippen molar-refractivity contribution in [3.05, 3.63) is 11.3 Å². The third-order valence-electron chi connectivity index (χ3n) is 2.15. The second-order valence-corrected chi connectivity index (χ2v) is 3.81. The zero-order chi connectivity index (χ0) is 7.73. The van der Waals surface area contributed by atoms with Gasteiger partial charge in [-0.15, -0.1) is 0 Å². The van der Waals surface area contributed by atoms with Gasteiger partial charge < -0.3 is 5.73 Å². The van der Waals surface area contributed by atoms with Crippen LogP contribution in [-0.2, 0) is 6.42 Å². The summed E-state index contributed by atoms with van der Waals surface area (Å²) in [5.41, 5.74) is 7.82. The summed E-state index contributed by atoms with van der Waals surface area (Å²) in [6, 6.07) is 0. The highest BCUT2D eigenvalue weighted by atomic mass is 32.1. The molecule has 1 aromatic heterocycles. The van der Waals surface area contributed by atoms with Crippen molar-refractivity contribution in [1.29, 1.82) is 0 Å². The second-order valence-electron chi connectivity index (χ2n) is 3.21. The number of aryl methyl sites for hydroxylation is 1. The van der Waals surface area contributed by atoms with E-state index in [2.05, 4.69) is 9.36 Å². The Hall–Kier alpha value is -0.480. The van der Waals surface area contributed by atoms with Gasteiger partial charge in [-0.3, -0.25) is 0 Å². The van der Waals surface area contributed by atoms with Crippen LogP contribution in [0.3, 0.4) is 0 Å². The minimum atomic E-state index is 0.144. The highest BCUT2D eigenvalue weighted by Crippen LogP contribution is 2.36. The van der Waals surface area contributed by atoms with Gasteiger partial charge in [0, 0.05) is 12.0 Å². The normalized spacial score (nSPS) is 20.1. The predicted molar refractivity (Wildman–Crippen MR) is 44.4 cm³/mol. The molecule has 0 amide bonds. The van der Waals surface area contributed by atoms with E-state index in [1.165, 1.54) is 24.4 Å². The van der Waals surface area contributed by atoms with Crippen LogP contribution in [0.1, 0.15) is 25.1 Å². The minimum Gasteiger partial charge on any atom is -0.325 e. The lowest BCUT2D eigenvalue weighted by Crippen LogP contribution is -2.22. The van der Waals surface area contributed by atoms with Gasteiger partial charge in [-0.25, -0.2) is 4.98 Å². The summed E-state index contributed by atoms with van der Waals surface area (Å²) >= 11 is 1.41. The van der Waals surface area contributed by atoms with Crippen LogP contribution in [0.4, 0.5) is 0 Å². The van der Waals surface area contributed by atoms with Crippen molar-refractivity contribution in [2.45, 2.75) is 31.2 Å². The maximum atomic E-state index is 5.91. The third-order valence-corrected chi connectivity index (χ3v) is 2.66. The first-order chi connectivity index (χ1) is 5.29. The molecule has 0 aliphatic heterocycles. The zero-order valence-electron chi connectivity index (χ0n) is 6.29. The van der Waals surface area contributed by atoms with Crippen LogP contribution in [0.25, 0.3) is 0 Å². The Morgan fingerprint density at radius 1 is 1.64 bits per heavy atom. The first-order valence-electron chi connectivity index (χ1n) is 3.83. The molecule has 0 saturated heterocycles. The summed E-state index contributed by atoms with van der Waals surface area (Å²) in [4.78, 5) is 4.10. The molecule has 2 rings (SSSR count). The summed E-state index contributed by atoms with van der Waals surface area (Å²) in [5, 5.41) is 0. The van der Waals surface area contributed by atoms with E-state index in [0.717, 1.165) is 18.7 Å². The molecule has 2 N–H and O–H groups in total. The van der Waals surface area contributed by atoms with Crippen molar-refractivity contribution in [1.82, 2.24) is 9.36 Å². The lowest BCUT2D eigenvalue weighted by Gasteiger charge is -2.04. The van der Waals surface area contributed by atoms with E-state index in [-0.39, 0.29) is 5.54 Å². The van der Waals surface area contributed by atoms with E-state index in [9.17, 15) is 0 Å². The molecule has 1 aromatic rings. The van der Waals surface area contributed by atoms with Crippen LogP contribution >= 0.6 is 11.5 Å². The van der Waals surface area contributed by atoms with Gasteiger partial charge in [-0.05, 0) is 30.8 Å². The molecule has 60 valence electrons. The number of nitrogens with zero attached hydrogens (tertiary/aromatic N) is 2. The van der Waals surface area contributed by atoms with Gasteiger partial charge in [0.05, 0.1) is 0 Å². The van der Waals surface area contributed by atoms with Crippen molar-refractivity contribution in [2.75, 3.05) is 0 Å². The summed E-state index contributed by atoms with van der Waals surface area (Å²) in [7, 11) is 0. The number of hydrogen-bond acceptors (Lipinski definition) is 4. The molecule has 0 radical (unpaired) electrons. The van der Waals surface area contributed by atoms with Gasteiger partial charge in [0.1, 0.15) is 11.3 Å². The SMILES string of the molecule is NC1(CCc2ncsn2)CC1. The van der Waals surface area contributed by atoms with Crippen LogP contribution in [0.5, 0.6) is 0 Å². The fraction of sp³-hybridized carbons (Fsp3) is 0.714. The molecule has 1 aliphatic carbocycles. The van der Waals surface area contributed by atoms with Gasteiger partial charge in [-0.1, -0.05) is 0 Å². The first-order valence-corrected chi connectivity index (χ1v) is 4.66. The zero-order valence-corrected chi connectivity index (χ0v) is 7.10. The molecule has 3 nitrogen and oxygen atoms in total. The van der Waals surface area contributed by atoms with E-state index in [1.54, 1.807) is 5.51 Å². The fourth-order valence-corrected chi connectivity index (χ4v) is 1.55. The van der Waals surface area contributed by atoms with Gasteiger partial charge in [0.15, 0.2) is 0 Å². The highest BCUT2D eigenvalue weighted by molar-refractivity contribution is 7.03. The minimum absolute atomic E-state index is 0.144. The van der Waals surface area contributed by atoms with Crippen molar-refractivity contribution in [3.63, 3.8) is 0 Å². The second kappa shape index (κ2) is 2.53. The number of hydrogen-bond donors (Lipinski definition) is 1. The number of nitrogens with two attached hydrogens (primary N) is 1. The molecule has 0 spiro atoms. The summed E-state index contributed by atoms with van der Waals surface area (Å²) in [6.45, 7) is 0. The Labute approximate surface area is 69.8 Å². The largest absolute Gasteiger partial charge is 0.325 e.